The Bertz CT molecular complexity index is 539. The van der Waals surface area contributed by atoms with E-state index in [1.807, 2.05) is 29.1 Å². The zero-order valence-electron chi connectivity index (χ0n) is 12.5. The summed E-state index contributed by atoms with van der Waals surface area (Å²) in [4.78, 5) is 10.1. The number of fused-ring (bicyclic) bond motifs is 1. The van der Waals surface area contributed by atoms with Gasteiger partial charge in [0.1, 0.15) is 0 Å². The van der Waals surface area contributed by atoms with Crippen molar-refractivity contribution in [3.8, 4) is 0 Å². The minimum absolute atomic E-state index is 0. The molecule has 0 amide bonds. The summed E-state index contributed by atoms with van der Waals surface area (Å²) in [6.45, 7) is 6.13. The molecule has 0 aromatic carbocycles. The molecule has 0 spiro atoms. The molecule has 1 atom stereocenters. The summed E-state index contributed by atoms with van der Waals surface area (Å²) in [5, 5.41) is 8.54. The van der Waals surface area contributed by atoms with Gasteiger partial charge in [-0.3, -0.25) is 4.40 Å². The lowest BCUT2D eigenvalue weighted by atomic mass is 10.4. The first kappa shape index (κ1) is 18.2. The van der Waals surface area contributed by atoms with Crippen LogP contribution in [0.1, 0.15) is 19.5 Å². The Kier molecular flexibility index (Phi) is 7.97. The number of hydrogen-bond donors (Lipinski definition) is 2. The van der Waals surface area contributed by atoms with E-state index in [4.69, 9.17) is 4.74 Å². The fourth-order valence-electron chi connectivity index (χ4n) is 1.86. The van der Waals surface area contributed by atoms with E-state index < -0.39 is 0 Å². The Morgan fingerprint density at radius 3 is 3.05 bits per heavy atom. The molecule has 0 aliphatic carbocycles. The molecule has 118 valence electrons. The molecule has 2 N–H and O–H groups in total. The van der Waals surface area contributed by atoms with Crippen LogP contribution in [0.4, 0.5) is 0 Å². The third-order valence-corrected chi connectivity index (χ3v) is 3.46. The van der Waals surface area contributed by atoms with Gasteiger partial charge in [0.2, 0.25) is 0 Å². The monoisotopic (exact) mass is 423 g/mol. The first-order valence-corrected chi connectivity index (χ1v) is 7.55. The molecule has 0 aliphatic rings. The number of nitrogens with one attached hydrogen (secondary N) is 2. The van der Waals surface area contributed by atoms with Crippen LogP contribution in [0.5, 0.6) is 0 Å². The van der Waals surface area contributed by atoms with Crippen LogP contribution in [0.2, 0.25) is 0 Å². The first-order chi connectivity index (χ1) is 9.72. The predicted molar refractivity (Wildman–Crippen MR) is 97.8 cm³/mol. The highest BCUT2D eigenvalue weighted by Gasteiger charge is 2.06. The van der Waals surface area contributed by atoms with E-state index in [0.717, 1.165) is 23.2 Å². The van der Waals surface area contributed by atoms with Crippen LogP contribution < -0.4 is 10.6 Å². The Morgan fingerprint density at radius 2 is 2.38 bits per heavy atom. The van der Waals surface area contributed by atoms with Crippen molar-refractivity contribution in [2.24, 2.45) is 4.99 Å². The van der Waals surface area contributed by atoms with E-state index in [0.29, 0.717) is 13.2 Å². The minimum atomic E-state index is 0. The fraction of sp³-hybridized carbons (Fsp3) is 0.538. The number of rotatable bonds is 6. The Labute approximate surface area is 146 Å². The molecule has 2 aromatic heterocycles. The molecule has 1 unspecified atom stereocenters. The van der Waals surface area contributed by atoms with E-state index in [2.05, 4.69) is 27.5 Å². The highest BCUT2D eigenvalue weighted by atomic mass is 127. The fourth-order valence-corrected chi connectivity index (χ4v) is 2.58. The predicted octanol–water partition coefficient (Wildman–Crippen LogP) is 2.10. The molecule has 2 rings (SSSR count). The van der Waals surface area contributed by atoms with E-state index in [1.54, 1.807) is 18.4 Å². The van der Waals surface area contributed by atoms with Crippen molar-refractivity contribution in [3.05, 3.63) is 23.5 Å². The lowest BCUT2D eigenvalue weighted by Gasteiger charge is -2.16. The van der Waals surface area contributed by atoms with Gasteiger partial charge in [0.05, 0.1) is 18.8 Å². The van der Waals surface area contributed by atoms with Crippen LogP contribution in [0, 0.1) is 0 Å². The molecule has 2 aromatic rings. The number of aromatic nitrogens is 2. The van der Waals surface area contributed by atoms with Crippen molar-refractivity contribution >= 4 is 46.2 Å². The average molecular weight is 423 g/mol. The zero-order valence-corrected chi connectivity index (χ0v) is 15.6. The van der Waals surface area contributed by atoms with Gasteiger partial charge >= 0.3 is 0 Å². The first-order valence-electron chi connectivity index (χ1n) is 6.67. The molecule has 0 saturated heterocycles. The molecule has 0 saturated carbocycles. The van der Waals surface area contributed by atoms with Gasteiger partial charge in [0, 0.05) is 37.5 Å². The Morgan fingerprint density at radius 1 is 1.57 bits per heavy atom. The van der Waals surface area contributed by atoms with Gasteiger partial charge in [-0.25, -0.2) is 9.98 Å². The molecule has 0 fully saturated rings. The van der Waals surface area contributed by atoms with Gasteiger partial charge in [-0.1, -0.05) is 0 Å². The number of halogens is 1. The van der Waals surface area contributed by atoms with Gasteiger partial charge in [-0.05, 0) is 13.8 Å². The van der Waals surface area contributed by atoms with Crippen LogP contribution in [0.15, 0.2) is 22.8 Å². The van der Waals surface area contributed by atoms with E-state index in [1.165, 1.54) is 0 Å². The van der Waals surface area contributed by atoms with Crippen LogP contribution >= 0.6 is 35.3 Å². The molecule has 8 heteroatoms. The van der Waals surface area contributed by atoms with Crippen LogP contribution in [-0.4, -0.2) is 41.6 Å². The second-order valence-corrected chi connectivity index (χ2v) is 5.39. The molecular weight excluding hydrogens is 401 g/mol. The lowest BCUT2D eigenvalue weighted by molar-refractivity contribution is 0.179. The molecule has 6 nitrogen and oxygen atoms in total. The van der Waals surface area contributed by atoms with Gasteiger partial charge in [0.25, 0.3) is 0 Å². The highest BCUT2D eigenvalue weighted by Crippen LogP contribution is 2.11. The quantitative estimate of drug-likeness (QED) is 0.425. The molecular formula is C13H22IN5OS. The maximum absolute atomic E-state index is 5.12. The van der Waals surface area contributed by atoms with Crippen LogP contribution in [0.25, 0.3) is 4.96 Å². The van der Waals surface area contributed by atoms with Crippen LogP contribution in [-0.2, 0) is 11.3 Å². The molecule has 0 radical (unpaired) electrons. The second-order valence-electron chi connectivity index (χ2n) is 4.52. The second kappa shape index (κ2) is 9.21. The van der Waals surface area contributed by atoms with Gasteiger partial charge < -0.3 is 15.4 Å². The van der Waals surface area contributed by atoms with Crippen molar-refractivity contribution in [2.75, 3.05) is 20.3 Å². The Hall–Kier alpha value is -0.870. The largest absolute Gasteiger partial charge is 0.383 e. The van der Waals surface area contributed by atoms with E-state index >= 15 is 0 Å². The number of methoxy groups -OCH3 is 1. The maximum Gasteiger partial charge on any atom is 0.193 e. The number of imidazole rings is 1. The minimum Gasteiger partial charge on any atom is -0.383 e. The summed E-state index contributed by atoms with van der Waals surface area (Å²) >= 11 is 1.63. The van der Waals surface area contributed by atoms with Crippen molar-refractivity contribution in [1.82, 2.24) is 20.0 Å². The lowest BCUT2D eigenvalue weighted by Crippen LogP contribution is -2.43. The summed E-state index contributed by atoms with van der Waals surface area (Å²) in [7, 11) is 1.69. The molecule has 21 heavy (non-hydrogen) atoms. The third-order valence-electron chi connectivity index (χ3n) is 2.69. The van der Waals surface area contributed by atoms with Gasteiger partial charge in [0.15, 0.2) is 10.9 Å². The zero-order chi connectivity index (χ0) is 14.4. The number of hydrogen-bond acceptors (Lipinski definition) is 4. The number of aliphatic imine (C=N–C) groups is 1. The van der Waals surface area contributed by atoms with E-state index in [-0.39, 0.29) is 30.0 Å². The standard InChI is InChI=1S/C13H21N5OS.HI/c1-4-14-12(16-10(2)9-19-3)15-7-11-8-18-5-6-20-13(18)17-11;/h5-6,8,10H,4,7,9H2,1-3H3,(H2,14,15,16);1H. The summed E-state index contributed by atoms with van der Waals surface area (Å²) in [5.41, 5.74) is 0.966. The normalized spacial score (nSPS) is 13.0. The highest BCUT2D eigenvalue weighted by molar-refractivity contribution is 14.0. The molecule has 0 bridgehead atoms. The number of ether oxygens (including phenoxy) is 1. The van der Waals surface area contributed by atoms with Crippen molar-refractivity contribution in [1.29, 1.82) is 0 Å². The molecule has 2 heterocycles. The van der Waals surface area contributed by atoms with Crippen molar-refractivity contribution in [2.45, 2.75) is 26.4 Å². The molecule has 0 aliphatic heterocycles. The average Bonchev–Trinajstić information content (AvgIpc) is 2.97. The van der Waals surface area contributed by atoms with Gasteiger partial charge in [-0.15, -0.1) is 35.3 Å². The van der Waals surface area contributed by atoms with E-state index in [9.17, 15) is 0 Å². The van der Waals surface area contributed by atoms with Crippen LogP contribution in [0.3, 0.4) is 0 Å². The smallest absolute Gasteiger partial charge is 0.193 e. The van der Waals surface area contributed by atoms with Crippen molar-refractivity contribution in [3.63, 3.8) is 0 Å². The maximum atomic E-state index is 5.12. The van der Waals surface area contributed by atoms with Crippen molar-refractivity contribution < 1.29 is 4.74 Å². The third kappa shape index (κ3) is 5.44. The van der Waals surface area contributed by atoms with Gasteiger partial charge in [-0.2, -0.15) is 0 Å². The number of thiazole rings is 1. The summed E-state index contributed by atoms with van der Waals surface area (Å²) in [6, 6.07) is 0.211. The Balaban J connectivity index is 0.00000220. The summed E-state index contributed by atoms with van der Waals surface area (Å²) < 4.78 is 7.13. The topological polar surface area (TPSA) is 63.0 Å². The number of guanidine groups is 1. The number of nitrogens with zero attached hydrogens (tertiary/aromatic N) is 3. The summed E-state index contributed by atoms with van der Waals surface area (Å²) in [5.74, 6) is 0.786. The SMILES string of the molecule is CCNC(=NCc1cn2ccsc2n1)NC(C)COC.I. The summed E-state index contributed by atoms with van der Waals surface area (Å²) in [6.07, 6.45) is 4.02.